The normalized spacial score (nSPS) is 29.6. The van der Waals surface area contributed by atoms with Gasteiger partial charge < -0.3 is 4.79 Å². The Labute approximate surface area is 79.9 Å². The first kappa shape index (κ1) is 8.99. The highest BCUT2D eigenvalue weighted by Crippen LogP contribution is 2.52. The molecule has 1 fully saturated rings. The Hall–Kier alpha value is -1.58. The van der Waals surface area contributed by atoms with Gasteiger partial charge in [-0.2, -0.15) is 0 Å². The molecule has 1 aliphatic carbocycles. The van der Waals surface area contributed by atoms with Gasteiger partial charge in [0.1, 0.15) is 5.82 Å². The molecule has 0 heterocycles. The smallest absolute Gasteiger partial charge is 0.165 e. The lowest BCUT2D eigenvalue weighted by molar-refractivity contribution is -0.109. The second-order valence-corrected chi connectivity index (χ2v) is 3.51. The molecule has 3 nitrogen and oxygen atoms in total. The molecule has 0 aliphatic heterocycles. The number of nitroso groups, excluding NO2 is 1. The van der Waals surface area contributed by atoms with Crippen LogP contribution in [-0.2, 0) is 4.79 Å². The minimum atomic E-state index is -1.09. The molecule has 0 aromatic heterocycles. The fourth-order valence-electron chi connectivity index (χ4n) is 1.62. The number of rotatable bonds is 3. The Morgan fingerprint density at radius 3 is 2.50 bits per heavy atom. The van der Waals surface area contributed by atoms with Gasteiger partial charge in [0.15, 0.2) is 11.8 Å². The van der Waals surface area contributed by atoms with Crippen molar-refractivity contribution >= 4 is 6.29 Å². The fourth-order valence-corrected chi connectivity index (χ4v) is 1.62. The van der Waals surface area contributed by atoms with Crippen LogP contribution in [0.5, 0.6) is 0 Å². The molecule has 0 saturated heterocycles. The maximum atomic E-state index is 12.6. The standard InChI is InChI=1S/C10H8FNO2/c11-8-3-1-7(2-4-8)9-5-10(9,6-13)12-14/h1-4,6,9H,5H2. The topological polar surface area (TPSA) is 46.5 Å². The van der Waals surface area contributed by atoms with E-state index >= 15 is 0 Å². The number of carbonyl (C=O) groups excluding carboxylic acids is 1. The van der Waals surface area contributed by atoms with Gasteiger partial charge in [0, 0.05) is 5.92 Å². The molecule has 0 amide bonds. The van der Waals surface area contributed by atoms with Crippen LogP contribution in [-0.4, -0.2) is 11.8 Å². The summed E-state index contributed by atoms with van der Waals surface area (Å²) in [6, 6.07) is 5.79. The van der Waals surface area contributed by atoms with E-state index in [-0.39, 0.29) is 11.7 Å². The van der Waals surface area contributed by atoms with Gasteiger partial charge in [0.25, 0.3) is 0 Å². The van der Waals surface area contributed by atoms with Gasteiger partial charge in [0.05, 0.1) is 0 Å². The van der Waals surface area contributed by atoms with E-state index in [1.54, 1.807) is 12.1 Å². The zero-order chi connectivity index (χ0) is 10.2. The van der Waals surface area contributed by atoms with E-state index in [9.17, 15) is 14.1 Å². The predicted molar refractivity (Wildman–Crippen MR) is 48.3 cm³/mol. The van der Waals surface area contributed by atoms with Gasteiger partial charge in [-0.05, 0) is 24.1 Å². The molecule has 1 saturated carbocycles. The summed E-state index contributed by atoms with van der Waals surface area (Å²) in [6.07, 6.45) is 1.01. The largest absolute Gasteiger partial charge is 0.300 e. The molecule has 0 spiro atoms. The van der Waals surface area contributed by atoms with E-state index in [2.05, 4.69) is 5.18 Å². The van der Waals surface area contributed by atoms with Crippen LogP contribution >= 0.6 is 0 Å². The Bertz CT molecular complexity index is 366. The highest BCUT2D eigenvalue weighted by Gasteiger charge is 2.57. The van der Waals surface area contributed by atoms with E-state index in [1.165, 1.54) is 12.1 Å². The number of halogens is 1. The molecule has 2 unspecified atom stereocenters. The van der Waals surface area contributed by atoms with E-state index in [0.29, 0.717) is 12.7 Å². The zero-order valence-electron chi connectivity index (χ0n) is 7.31. The summed E-state index contributed by atoms with van der Waals surface area (Å²) in [5.74, 6) is -0.497. The van der Waals surface area contributed by atoms with Crippen molar-refractivity contribution in [2.24, 2.45) is 5.18 Å². The van der Waals surface area contributed by atoms with Crippen LogP contribution in [0.2, 0.25) is 0 Å². The Morgan fingerprint density at radius 1 is 1.43 bits per heavy atom. The third-order valence-corrected chi connectivity index (χ3v) is 2.62. The average Bonchev–Trinajstić information content (AvgIpc) is 2.94. The Balaban J connectivity index is 2.24. The third kappa shape index (κ3) is 1.23. The zero-order valence-corrected chi connectivity index (χ0v) is 7.31. The lowest BCUT2D eigenvalue weighted by Crippen LogP contribution is -2.08. The van der Waals surface area contributed by atoms with Crippen molar-refractivity contribution in [3.63, 3.8) is 0 Å². The summed E-state index contributed by atoms with van der Waals surface area (Å²) >= 11 is 0. The second-order valence-electron chi connectivity index (χ2n) is 3.51. The number of hydrogen-bond acceptors (Lipinski definition) is 3. The molecule has 2 rings (SSSR count). The first-order valence-corrected chi connectivity index (χ1v) is 4.28. The van der Waals surface area contributed by atoms with Crippen molar-refractivity contribution in [1.82, 2.24) is 0 Å². The molecule has 1 aliphatic rings. The number of aldehydes is 1. The van der Waals surface area contributed by atoms with Crippen molar-refractivity contribution in [3.05, 3.63) is 40.6 Å². The van der Waals surface area contributed by atoms with Gasteiger partial charge in [-0.15, -0.1) is 4.91 Å². The molecule has 14 heavy (non-hydrogen) atoms. The summed E-state index contributed by atoms with van der Waals surface area (Å²) in [7, 11) is 0. The predicted octanol–water partition coefficient (Wildman–Crippen LogP) is 2.02. The van der Waals surface area contributed by atoms with Crippen LogP contribution in [0.25, 0.3) is 0 Å². The van der Waals surface area contributed by atoms with Crippen molar-refractivity contribution in [2.45, 2.75) is 17.9 Å². The molecule has 0 bridgehead atoms. The second kappa shape index (κ2) is 2.97. The quantitative estimate of drug-likeness (QED) is 0.544. The van der Waals surface area contributed by atoms with Crippen LogP contribution in [0.3, 0.4) is 0 Å². The molecular formula is C10H8FNO2. The van der Waals surface area contributed by atoms with Crippen molar-refractivity contribution in [2.75, 3.05) is 0 Å². The number of benzene rings is 1. The molecule has 72 valence electrons. The fraction of sp³-hybridized carbons (Fsp3) is 0.300. The van der Waals surface area contributed by atoms with Crippen molar-refractivity contribution < 1.29 is 9.18 Å². The maximum absolute atomic E-state index is 12.6. The Kier molecular flexibility index (Phi) is 1.91. The van der Waals surface area contributed by atoms with Crippen LogP contribution in [0.1, 0.15) is 17.9 Å². The van der Waals surface area contributed by atoms with Gasteiger partial charge in [-0.25, -0.2) is 4.39 Å². The third-order valence-electron chi connectivity index (χ3n) is 2.62. The maximum Gasteiger partial charge on any atom is 0.165 e. The first-order chi connectivity index (χ1) is 6.72. The lowest BCUT2D eigenvalue weighted by atomic mass is 10.1. The van der Waals surface area contributed by atoms with E-state index in [1.807, 2.05) is 0 Å². The van der Waals surface area contributed by atoms with E-state index < -0.39 is 5.54 Å². The highest BCUT2D eigenvalue weighted by molar-refractivity contribution is 5.73. The van der Waals surface area contributed by atoms with Crippen molar-refractivity contribution in [1.29, 1.82) is 0 Å². The van der Waals surface area contributed by atoms with Crippen LogP contribution < -0.4 is 0 Å². The monoisotopic (exact) mass is 193 g/mol. The summed E-state index contributed by atoms with van der Waals surface area (Å²) in [6.45, 7) is 0. The van der Waals surface area contributed by atoms with E-state index in [4.69, 9.17) is 0 Å². The molecular weight excluding hydrogens is 185 g/mol. The van der Waals surface area contributed by atoms with Crippen LogP contribution in [0, 0.1) is 10.7 Å². The Morgan fingerprint density at radius 2 is 2.07 bits per heavy atom. The number of nitrogens with zero attached hydrogens (tertiary/aromatic N) is 1. The summed E-state index contributed by atoms with van der Waals surface area (Å²) in [5, 5.41) is 2.82. The minimum Gasteiger partial charge on any atom is -0.300 e. The van der Waals surface area contributed by atoms with Crippen molar-refractivity contribution in [3.8, 4) is 0 Å². The highest BCUT2D eigenvalue weighted by atomic mass is 19.1. The first-order valence-electron chi connectivity index (χ1n) is 4.28. The average molecular weight is 193 g/mol. The SMILES string of the molecule is O=CC1(N=O)CC1c1ccc(F)cc1. The number of carbonyl (C=O) groups is 1. The summed E-state index contributed by atoms with van der Waals surface area (Å²) in [4.78, 5) is 21.0. The summed E-state index contributed by atoms with van der Waals surface area (Å²) < 4.78 is 12.6. The number of hydrogen-bond donors (Lipinski definition) is 0. The summed E-state index contributed by atoms with van der Waals surface area (Å²) in [5.41, 5.74) is -0.296. The van der Waals surface area contributed by atoms with Gasteiger partial charge in [0.2, 0.25) is 0 Å². The van der Waals surface area contributed by atoms with Gasteiger partial charge in [-0.3, -0.25) is 0 Å². The lowest BCUT2D eigenvalue weighted by Gasteiger charge is -1.99. The molecule has 1 aromatic rings. The van der Waals surface area contributed by atoms with Gasteiger partial charge >= 0.3 is 0 Å². The molecule has 1 aromatic carbocycles. The molecule has 2 atom stereocenters. The van der Waals surface area contributed by atoms with Crippen LogP contribution in [0.4, 0.5) is 4.39 Å². The van der Waals surface area contributed by atoms with Crippen LogP contribution in [0.15, 0.2) is 29.4 Å². The molecule has 0 N–H and O–H groups in total. The minimum absolute atomic E-state index is 0.168. The van der Waals surface area contributed by atoms with Gasteiger partial charge in [-0.1, -0.05) is 17.3 Å². The van der Waals surface area contributed by atoms with E-state index in [0.717, 1.165) is 5.56 Å². The molecule has 0 radical (unpaired) electrons. The molecule has 4 heteroatoms.